The molecule has 1 aliphatic carbocycles. The van der Waals surface area contributed by atoms with Gasteiger partial charge in [-0.05, 0) is 42.2 Å². The maximum absolute atomic E-state index is 13.4. The number of esters is 1. The predicted octanol–water partition coefficient (Wildman–Crippen LogP) is 4.93. The van der Waals surface area contributed by atoms with Crippen molar-refractivity contribution in [3.8, 4) is 0 Å². The van der Waals surface area contributed by atoms with Crippen LogP contribution in [0.15, 0.2) is 30.3 Å². The smallest absolute Gasteiger partial charge is 0.433 e. The van der Waals surface area contributed by atoms with E-state index in [2.05, 4.69) is 14.7 Å². The maximum atomic E-state index is 13.4. The summed E-state index contributed by atoms with van der Waals surface area (Å²) in [7, 11) is 1.04. The fourth-order valence-corrected chi connectivity index (χ4v) is 4.76. The molecular weight excluding hydrogens is 440 g/mol. The Hall–Kier alpha value is -2.85. The van der Waals surface area contributed by atoms with Crippen molar-refractivity contribution in [1.82, 2.24) is 9.97 Å². The van der Waals surface area contributed by atoms with Gasteiger partial charge < -0.3 is 9.64 Å². The lowest BCUT2D eigenvalue weighted by Gasteiger charge is -2.22. The van der Waals surface area contributed by atoms with E-state index in [4.69, 9.17) is 0 Å². The summed E-state index contributed by atoms with van der Waals surface area (Å²) < 4.78 is 84.4. The molecule has 0 amide bonds. The van der Waals surface area contributed by atoms with Gasteiger partial charge in [-0.3, -0.25) is 0 Å². The van der Waals surface area contributed by atoms with Crippen molar-refractivity contribution >= 4 is 11.9 Å². The number of halogens is 6. The van der Waals surface area contributed by atoms with Crippen LogP contribution in [0.2, 0.25) is 0 Å². The number of anilines is 1. The molecule has 4 rings (SSSR count). The summed E-state index contributed by atoms with van der Waals surface area (Å²) in [6.07, 6.45) is -8.26. The molecule has 0 bridgehead atoms. The molecule has 1 saturated heterocycles. The van der Waals surface area contributed by atoms with Crippen LogP contribution in [0.5, 0.6) is 0 Å². The quantitative estimate of drug-likeness (QED) is 0.481. The molecule has 0 radical (unpaired) electrons. The van der Waals surface area contributed by atoms with Crippen LogP contribution < -0.4 is 4.90 Å². The second-order valence-corrected chi connectivity index (χ2v) is 8.11. The van der Waals surface area contributed by atoms with Gasteiger partial charge in [0.1, 0.15) is 0 Å². The summed E-state index contributed by atoms with van der Waals surface area (Å²) in [6, 6.07) is 6.03. The highest BCUT2D eigenvalue weighted by Crippen LogP contribution is 2.49. The summed E-state index contributed by atoms with van der Waals surface area (Å²) >= 11 is 0. The summed E-state index contributed by atoms with van der Waals surface area (Å²) in [5, 5.41) is 0. The van der Waals surface area contributed by atoms with Crippen molar-refractivity contribution in [3.63, 3.8) is 0 Å². The van der Waals surface area contributed by atoms with Crippen LogP contribution in [0.1, 0.15) is 46.1 Å². The number of hydrogen-bond donors (Lipinski definition) is 0. The van der Waals surface area contributed by atoms with Crippen LogP contribution >= 0.6 is 0 Å². The molecule has 0 spiro atoms. The van der Waals surface area contributed by atoms with Crippen LogP contribution in [0, 0.1) is 11.8 Å². The Kier molecular flexibility index (Phi) is 5.54. The minimum atomic E-state index is -4.78. The van der Waals surface area contributed by atoms with Crippen LogP contribution in [0.3, 0.4) is 0 Å². The minimum Gasteiger partial charge on any atom is -0.464 e. The Bertz CT molecular complexity index is 1010. The molecule has 0 unspecified atom stereocenters. The molecule has 2 heterocycles. The van der Waals surface area contributed by atoms with Gasteiger partial charge in [0.2, 0.25) is 5.95 Å². The summed E-state index contributed by atoms with van der Waals surface area (Å²) in [4.78, 5) is 20.9. The molecule has 0 N–H and O–H groups in total. The first-order valence-electron chi connectivity index (χ1n) is 9.93. The first kappa shape index (κ1) is 22.3. The predicted molar refractivity (Wildman–Crippen MR) is 101 cm³/mol. The molecule has 1 saturated carbocycles. The molecule has 172 valence electrons. The zero-order valence-electron chi connectivity index (χ0n) is 16.9. The van der Waals surface area contributed by atoms with Gasteiger partial charge in [-0.2, -0.15) is 26.3 Å². The van der Waals surface area contributed by atoms with E-state index in [0.717, 1.165) is 13.2 Å². The van der Waals surface area contributed by atoms with E-state index in [1.807, 2.05) is 0 Å². The van der Waals surface area contributed by atoms with Crippen molar-refractivity contribution < 1.29 is 35.9 Å². The van der Waals surface area contributed by atoms with E-state index in [9.17, 15) is 31.1 Å². The third-order valence-corrected chi connectivity index (χ3v) is 6.14. The molecule has 2 aromatic rings. The molecule has 2 aliphatic rings. The minimum absolute atomic E-state index is 0.0130. The van der Waals surface area contributed by atoms with Crippen LogP contribution in [-0.4, -0.2) is 36.1 Å². The Balaban J connectivity index is 1.55. The second kappa shape index (κ2) is 7.93. The number of carbonyl (C=O) groups is 1. The average molecular weight is 459 g/mol. The lowest BCUT2D eigenvalue weighted by molar-refractivity contribution is -0.141. The Morgan fingerprint density at radius 1 is 1.00 bits per heavy atom. The van der Waals surface area contributed by atoms with Crippen molar-refractivity contribution in [2.75, 3.05) is 25.1 Å². The van der Waals surface area contributed by atoms with E-state index in [1.54, 1.807) is 11.0 Å². The van der Waals surface area contributed by atoms with Crippen molar-refractivity contribution in [2.24, 2.45) is 11.8 Å². The fourth-order valence-electron chi connectivity index (χ4n) is 4.76. The molecule has 11 heteroatoms. The van der Waals surface area contributed by atoms with Gasteiger partial charge in [0, 0.05) is 19.2 Å². The number of ether oxygens (including phenoxy) is 1. The van der Waals surface area contributed by atoms with Gasteiger partial charge in [0.05, 0.1) is 12.7 Å². The zero-order chi connectivity index (χ0) is 23.3. The standard InChI is InChI=1S/C21H19F6N3O2/c1-32-18(31)16-8-17(21(25,26)27)29-19(28-16)30-9-12-6-11(7-13(12)10-30)14-4-2-3-5-15(14)20(22,23)24/h2-5,8,11-13H,6-7,9-10H2,1H3/t11-,12-,13+. The highest BCUT2D eigenvalue weighted by Gasteiger charge is 2.45. The number of nitrogens with zero attached hydrogens (tertiary/aromatic N) is 3. The normalized spacial score (nSPS) is 23.3. The Labute approximate surface area is 179 Å². The summed E-state index contributed by atoms with van der Waals surface area (Å²) in [5.74, 6) is -1.55. The van der Waals surface area contributed by atoms with Crippen molar-refractivity contribution in [3.05, 3.63) is 52.8 Å². The first-order valence-corrected chi connectivity index (χ1v) is 9.93. The molecule has 1 aliphatic heterocycles. The molecule has 1 aromatic carbocycles. The number of aromatic nitrogens is 2. The van der Waals surface area contributed by atoms with E-state index >= 15 is 0 Å². The van der Waals surface area contributed by atoms with Crippen molar-refractivity contribution in [2.45, 2.75) is 31.1 Å². The van der Waals surface area contributed by atoms with E-state index < -0.39 is 35.3 Å². The summed E-state index contributed by atoms with van der Waals surface area (Å²) in [6.45, 7) is 0.606. The van der Waals surface area contributed by atoms with Gasteiger partial charge in [-0.1, -0.05) is 18.2 Å². The number of benzene rings is 1. The second-order valence-electron chi connectivity index (χ2n) is 8.11. The van der Waals surface area contributed by atoms with Crippen LogP contribution in [0.25, 0.3) is 0 Å². The topological polar surface area (TPSA) is 55.3 Å². The lowest BCUT2D eigenvalue weighted by Crippen LogP contribution is -2.26. The molecule has 32 heavy (non-hydrogen) atoms. The molecule has 5 nitrogen and oxygen atoms in total. The van der Waals surface area contributed by atoms with E-state index in [0.29, 0.717) is 32.0 Å². The number of hydrogen-bond acceptors (Lipinski definition) is 5. The first-order chi connectivity index (χ1) is 15.0. The number of fused-ring (bicyclic) bond motifs is 1. The molecule has 2 fully saturated rings. The highest BCUT2D eigenvalue weighted by molar-refractivity contribution is 5.87. The van der Waals surface area contributed by atoms with Gasteiger partial charge in [0.25, 0.3) is 0 Å². The zero-order valence-corrected chi connectivity index (χ0v) is 16.9. The van der Waals surface area contributed by atoms with Gasteiger partial charge in [-0.25, -0.2) is 14.8 Å². The molecule has 1 aromatic heterocycles. The van der Waals surface area contributed by atoms with Crippen LogP contribution in [0.4, 0.5) is 32.3 Å². The largest absolute Gasteiger partial charge is 0.464 e. The molecular formula is C21H19F6N3O2. The third-order valence-electron chi connectivity index (χ3n) is 6.14. The lowest BCUT2D eigenvalue weighted by atomic mass is 9.91. The van der Waals surface area contributed by atoms with E-state index in [-0.39, 0.29) is 29.3 Å². The van der Waals surface area contributed by atoms with Gasteiger partial charge >= 0.3 is 18.3 Å². The summed E-state index contributed by atoms with van der Waals surface area (Å²) in [5.41, 5.74) is -2.15. The SMILES string of the molecule is COC(=O)c1cc(C(F)(F)F)nc(N2C[C@H]3C[C@@H](c4ccccc4C(F)(F)F)C[C@H]3C2)n1. The Morgan fingerprint density at radius 3 is 2.19 bits per heavy atom. The fraction of sp³-hybridized carbons (Fsp3) is 0.476. The van der Waals surface area contributed by atoms with Crippen molar-refractivity contribution in [1.29, 1.82) is 0 Å². The van der Waals surface area contributed by atoms with Gasteiger partial charge in [0.15, 0.2) is 11.4 Å². The monoisotopic (exact) mass is 459 g/mol. The van der Waals surface area contributed by atoms with Crippen LogP contribution in [-0.2, 0) is 17.1 Å². The maximum Gasteiger partial charge on any atom is 0.433 e. The number of rotatable bonds is 3. The van der Waals surface area contributed by atoms with E-state index in [1.165, 1.54) is 12.1 Å². The number of carbonyl (C=O) groups excluding carboxylic acids is 1. The molecule has 3 atom stereocenters. The number of alkyl halides is 6. The van der Waals surface area contributed by atoms with Gasteiger partial charge in [-0.15, -0.1) is 0 Å². The Morgan fingerprint density at radius 2 is 1.62 bits per heavy atom. The average Bonchev–Trinajstić information content (AvgIpc) is 3.31. The number of methoxy groups -OCH3 is 1. The highest BCUT2D eigenvalue weighted by atomic mass is 19.4. The third kappa shape index (κ3) is 4.24.